The minimum absolute atomic E-state index is 0.0146. The van der Waals surface area contributed by atoms with E-state index < -0.39 is 17.2 Å². The molecule has 3 aromatic carbocycles. The van der Waals surface area contributed by atoms with Crippen molar-refractivity contribution in [1.82, 2.24) is 19.7 Å². The van der Waals surface area contributed by atoms with Crippen LogP contribution in [0.15, 0.2) is 79.4 Å². The van der Waals surface area contributed by atoms with Gasteiger partial charge >= 0.3 is 0 Å². The first-order valence-corrected chi connectivity index (χ1v) is 13.6. The van der Waals surface area contributed by atoms with Crippen LogP contribution >= 0.6 is 0 Å². The van der Waals surface area contributed by atoms with Crippen LogP contribution in [0.2, 0.25) is 0 Å². The molecular formula is C31H32F3N5O. The fourth-order valence-electron chi connectivity index (χ4n) is 6.36. The molecule has 3 heterocycles. The fourth-order valence-corrected chi connectivity index (χ4v) is 6.36. The summed E-state index contributed by atoms with van der Waals surface area (Å²) in [5.74, 6) is -1.69. The maximum atomic E-state index is 14.9. The maximum Gasteiger partial charge on any atom is 0.137 e. The Hall–Kier alpha value is -3.69. The number of hydrogen-bond acceptors (Lipinski definition) is 5. The topological polar surface area (TPSA) is 57.4 Å². The van der Waals surface area contributed by atoms with Crippen molar-refractivity contribution in [3.05, 3.63) is 102 Å². The number of benzene rings is 3. The number of likely N-dealkylation sites (tertiary alicyclic amines) is 1. The van der Waals surface area contributed by atoms with Gasteiger partial charge in [-0.2, -0.15) is 5.10 Å². The van der Waals surface area contributed by atoms with Crippen molar-refractivity contribution < 1.29 is 18.3 Å². The Bertz CT molecular complexity index is 1440. The van der Waals surface area contributed by atoms with Crippen molar-refractivity contribution in [3.63, 3.8) is 0 Å². The Morgan fingerprint density at radius 1 is 0.800 bits per heavy atom. The van der Waals surface area contributed by atoms with Crippen molar-refractivity contribution in [1.29, 1.82) is 0 Å². The summed E-state index contributed by atoms with van der Waals surface area (Å²) in [4.78, 5) is 8.55. The summed E-state index contributed by atoms with van der Waals surface area (Å²) in [6, 6.07) is 18.3. The molecule has 1 spiro atoms. The molecule has 1 unspecified atom stereocenters. The number of rotatable bonds is 7. The summed E-state index contributed by atoms with van der Waals surface area (Å²) in [5, 5.41) is 15.9. The number of piperidine rings is 1. The molecule has 1 atom stereocenters. The van der Waals surface area contributed by atoms with Gasteiger partial charge in [0.05, 0.1) is 6.54 Å². The molecule has 0 saturated carbocycles. The zero-order valence-corrected chi connectivity index (χ0v) is 22.2. The Morgan fingerprint density at radius 3 is 2.10 bits per heavy atom. The second-order valence-corrected chi connectivity index (χ2v) is 11.3. The number of hydrogen-bond donors (Lipinski definition) is 1. The Labute approximate surface area is 231 Å². The van der Waals surface area contributed by atoms with Gasteiger partial charge in [-0.25, -0.2) is 22.8 Å². The fraction of sp³-hybridized carbons (Fsp3) is 0.355. The van der Waals surface area contributed by atoms with Crippen LogP contribution in [0.3, 0.4) is 0 Å². The number of anilines is 1. The van der Waals surface area contributed by atoms with Gasteiger partial charge in [-0.15, -0.1) is 0 Å². The molecule has 2 fully saturated rings. The van der Waals surface area contributed by atoms with Crippen molar-refractivity contribution in [2.45, 2.75) is 31.4 Å². The average molecular weight is 548 g/mol. The van der Waals surface area contributed by atoms with Crippen molar-refractivity contribution in [3.8, 4) is 11.1 Å². The molecule has 2 aliphatic rings. The summed E-state index contributed by atoms with van der Waals surface area (Å²) < 4.78 is 43.2. The first-order valence-electron chi connectivity index (χ1n) is 13.6. The maximum absolute atomic E-state index is 14.9. The second kappa shape index (κ2) is 10.7. The number of β-amino-alcohol motifs (C(OH)–C–C–N with tert-alkyl or cyclic N) is 1. The van der Waals surface area contributed by atoms with E-state index in [0.717, 1.165) is 62.6 Å². The van der Waals surface area contributed by atoms with E-state index in [4.69, 9.17) is 0 Å². The van der Waals surface area contributed by atoms with Crippen LogP contribution in [0.5, 0.6) is 0 Å². The number of aromatic nitrogens is 3. The van der Waals surface area contributed by atoms with Crippen molar-refractivity contribution in [2.75, 3.05) is 37.6 Å². The minimum atomic E-state index is -1.59. The van der Waals surface area contributed by atoms with Crippen LogP contribution in [0, 0.1) is 22.9 Å². The average Bonchev–Trinajstić information content (AvgIpc) is 3.59. The van der Waals surface area contributed by atoms with E-state index in [1.165, 1.54) is 47.3 Å². The molecule has 4 aromatic rings. The normalized spacial score (nSPS) is 18.8. The highest BCUT2D eigenvalue weighted by Gasteiger charge is 2.44. The first-order chi connectivity index (χ1) is 19.3. The Balaban J connectivity index is 1.11. The summed E-state index contributed by atoms with van der Waals surface area (Å²) in [5.41, 5.74) is 1.82. The SMILES string of the molecule is OC(CN1CCC2(CCN(c3ccc(-c4ccc(F)cc4)cc3)CC2)C1)(Cn1cncn1)c1ccc(F)cc1F. The third-order valence-corrected chi connectivity index (χ3v) is 8.56. The monoisotopic (exact) mass is 547 g/mol. The van der Waals surface area contributed by atoms with Gasteiger partial charge in [0.2, 0.25) is 0 Å². The Kier molecular flexibility index (Phi) is 7.10. The lowest BCUT2D eigenvalue weighted by Crippen LogP contribution is -2.46. The molecule has 0 bridgehead atoms. The van der Waals surface area contributed by atoms with Gasteiger partial charge in [-0.3, -0.25) is 4.90 Å². The molecule has 2 aliphatic heterocycles. The van der Waals surface area contributed by atoms with Crippen LogP contribution in [0.25, 0.3) is 11.1 Å². The van der Waals surface area contributed by atoms with Gasteiger partial charge < -0.3 is 10.0 Å². The molecule has 6 rings (SSSR count). The van der Waals surface area contributed by atoms with E-state index >= 15 is 0 Å². The zero-order valence-electron chi connectivity index (χ0n) is 22.2. The smallest absolute Gasteiger partial charge is 0.137 e. The summed E-state index contributed by atoms with van der Waals surface area (Å²) >= 11 is 0. The molecule has 0 amide bonds. The molecule has 40 heavy (non-hydrogen) atoms. The van der Waals surface area contributed by atoms with E-state index in [9.17, 15) is 18.3 Å². The molecule has 0 aliphatic carbocycles. The number of aliphatic hydroxyl groups is 1. The van der Waals surface area contributed by atoms with Gasteiger partial charge in [-0.05, 0) is 72.7 Å². The van der Waals surface area contributed by atoms with Crippen molar-refractivity contribution in [2.24, 2.45) is 5.41 Å². The quantitative estimate of drug-likeness (QED) is 0.343. The molecule has 208 valence electrons. The van der Waals surface area contributed by atoms with Gasteiger partial charge in [0.15, 0.2) is 0 Å². The van der Waals surface area contributed by atoms with Crippen LogP contribution in [0.4, 0.5) is 18.9 Å². The minimum Gasteiger partial charge on any atom is -0.382 e. The van der Waals surface area contributed by atoms with Gasteiger partial charge in [-0.1, -0.05) is 30.3 Å². The van der Waals surface area contributed by atoms with Crippen LogP contribution in [0.1, 0.15) is 24.8 Å². The van der Waals surface area contributed by atoms with Crippen LogP contribution < -0.4 is 4.90 Å². The highest BCUT2D eigenvalue weighted by atomic mass is 19.1. The highest BCUT2D eigenvalue weighted by molar-refractivity contribution is 5.66. The lowest BCUT2D eigenvalue weighted by Gasteiger charge is -2.41. The third kappa shape index (κ3) is 5.48. The molecule has 6 nitrogen and oxygen atoms in total. The van der Waals surface area contributed by atoms with Crippen LogP contribution in [-0.4, -0.2) is 57.5 Å². The van der Waals surface area contributed by atoms with Gasteiger partial charge in [0.1, 0.15) is 35.7 Å². The Morgan fingerprint density at radius 2 is 1.45 bits per heavy atom. The molecule has 1 aromatic heterocycles. The molecule has 0 radical (unpaired) electrons. The van der Waals surface area contributed by atoms with E-state index in [2.05, 4.69) is 44.1 Å². The molecular weight excluding hydrogens is 515 g/mol. The standard InChI is InChI=1S/C31H32F3N5O/c32-25-5-1-23(2-6-25)24-3-8-27(9-4-24)38-15-12-30(13-16-38)11-14-37(18-30)19-31(40,20-39-22-35-21-36-39)28-10-7-26(33)17-29(28)34/h1-10,17,21-22,40H,11-16,18-20H2. The molecule has 9 heteroatoms. The second-order valence-electron chi connectivity index (χ2n) is 11.3. The van der Waals surface area contributed by atoms with E-state index in [1.807, 2.05) is 0 Å². The van der Waals surface area contributed by atoms with Crippen LogP contribution in [-0.2, 0) is 12.1 Å². The van der Waals surface area contributed by atoms with Gasteiger partial charge in [0.25, 0.3) is 0 Å². The molecule has 1 N–H and O–H groups in total. The third-order valence-electron chi connectivity index (χ3n) is 8.56. The predicted octanol–water partition coefficient (Wildman–Crippen LogP) is 5.24. The van der Waals surface area contributed by atoms with Crippen molar-refractivity contribution >= 4 is 5.69 Å². The number of nitrogens with zero attached hydrogens (tertiary/aromatic N) is 5. The lowest BCUT2D eigenvalue weighted by atomic mass is 9.77. The van der Waals surface area contributed by atoms with E-state index in [0.29, 0.717) is 0 Å². The molecule has 2 saturated heterocycles. The zero-order chi connectivity index (χ0) is 27.7. The number of halogens is 3. The first kappa shape index (κ1) is 26.5. The lowest BCUT2D eigenvalue weighted by molar-refractivity contribution is -0.0192. The predicted molar refractivity (Wildman–Crippen MR) is 147 cm³/mol. The van der Waals surface area contributed by atoms with E-state index in [1.54, 1.807) is 12.1 Å². The summed E-state index contributed by atoms with van der Waals surface area (Å²) in [6.07, 6.45) is 5.91. The van der Waals surface area contributed by atoms with E-state index in [-0.39, 0.29) is 29.9 Å². The van der Waals surface area contributed by atoms with Gasteiger partial charge in [0, 0.05) is 43.5 Å². The summed E-state index contributed by atoms with van der Waals surface area (Å²) in [6.45, 7) is 3.70. The summed E-state index contributed by atoms with van der Waals surface area (Å²) in [7, 11) is 0. The largest absolute Gasteiger partial charge is 0.382 e. The highest BCUT2D eigenvalue weighted by Crippen LogP contribution is 2.42.